The van der Waals surface area contributed by atoms with Crippen LogP contribution in [-0.4, -0.2) is 32.6 Å². The van der Waals surface area contributed by atoms with Crippen LogP contribution in [0.4, 0.5) is 5.69 Å². The summed E-state index contributed by atoms with van der Waals surface area (Å²) in [6, 6.07) is 11.4. The molecule has 0 fully saturated rings. The number of fused-ring (bicyclic) bond motifs is 1. The van der Waals surface area contributed by atoms with Crippen molar-refractivity contribution in [3.8, 4) is 5.75 Å². The van der Waals surface area contributed by atoms with E-state index < -0.39 is 27.5 Å². The maximum atomic E-state index is 12.0. The maximum Gasteiger partial charge on any atom is 0.321 e. The number of carbonyl (C=O) groups is 1. The Morgan fingerprint density at radius 2 is 2.03 bits per heavy atom. The van der Waals surface area contributed by atoms with Gasteiger partial charge in [0, 0.05) is 28.7 Å². The van der Waals surface area contributed by atoms with Gasteiger partial charge in [0.1, 0.15) is 18.9 Å². The van der Waals surface area contributed by atoms with Crippen LogP contribution in [0.3, 0.4) is 0 Å². The second kappa shape index (κ2) is 9.48. The third-order valence-electron chi connectivity index (χ3n) is 4.03. The van der Waals surface area contributed by atoms with E-state index in [4.69, 9.17) is 14.2 Å². The molecular formula is C19H18N2O8S. The van der Waals surface area contributed by atoms with Crippen LogP contribution in [0, 0.1) is 10.1 Å². The molecule has 0 bridgehead atoms. The molecule has 1 N–H and O–H groups in total. The average Bonchev–Trinajstić information content (AvgIpc) is 2.75. The van der Waals surface area contributed by atoms with Crippen LogP contribution >= 0.6 is 0 Å². The second-order valence-corrected chi connectivity index (χ2v) is 7.85. The quantitative estimate of drug-likeness (QED) is 0.379. The summed E-state index contributed by atoms with van der Waals surface area (Å²) in [4.78, 5) is 22.5. The zero-order chi connectivity index (χ0) is 21.6. The highest BCUT2D eigenvalue weighted by Crippen LogP contribution is 2.33. The Bertz CT molecular complexity index is 1070. The first-order chi connectivity index (χ1) is 14.3. The smallest absolute Gasteiger partial charge is 0.321 e. The molecule has 0 radical (unpaired) electrons. The fourth-order valence-corrected chi connectivity index (χ4v) is 3.39. The number of esters is 1. The lowest BCUT2D eigenvalue weighted by atomic mass is 10.1. The topological polar surface area (TPSA) is 134 Å². The predicted octanol–water partition coefficient (Wildman–Crippen LogP) is 2.09. The zero-order valence-corrected chi connectivity index (χ0v) is 16.5. The average molecular weight is 434 g/mol. The minimum atomic E-state index is -3.85. The number of rotatable bonds is 8. The first-order valence-electron chi connectivity index (χ1n) is 8.73. The normalized spacial score (nSPS) is 13.5. The van der Waals surface area contributed by atoms with E-state index in [9.17, 15) is 23.3 Å². The third-order valence-corrected chi connectivity index (χ3v) is 5.07. The molecule has 0 aliphatic carbocycles. The number of hydrogen-bond donors (Lipinski definition) is 1. The molecule has 0 unspecified atom stereocenters. The van der Waals surface area contributed by atoms with E-state index in [1.165, 1.54) is 18.2 Å². The van der Waals surface area contributed by atoms with Gasteiger partial charge in [-0.05, 0) is 11.6 Å². The molecule has 2 aromatic carbocycles. The summed E-state index contributed by atoms with van der Waals surface area (Å²) in [6.45, 7) is -0.808. The van der Waals surface area contributed by atoms with Gasteiger partial charge in [-0.3, -0.25) is 14.9 Å². The molecule has 2 aromatic rings. The molecule has 11 heteroatoms. The Morgan fingerprint density at radius 3 is 2.77 bits per heavy atom. The molecule has 0 atom stereocenters. The maximum absolute atomic E-state index is 12.0. The van der Waals surface area contributed by atoms with Crippen molar-refractivity contribution < 1.29 is 32.3 Å². The highest BCUT2D eigenvalue weighted by Gasteiger charge is 2.22. The van der Waals surface area contributed by atoms with Crippen molar-refractivity contribution in [1.82, 2.24) is 4.72 Å². The first-order valence-corrected chi connectivity index (χ1v) is 10.3. The van der Waals surface area contributed by atoms with Crippen LogP contribution in [0.1, 0.15) is 16.7 Å². The molecule has 0 saturated heterocycles. The summed E-state index contributed by atoms with van der Waals surface area (Å²) in [5.74, 6) is -0.495. The second-order valence-electron chi connectivity index (χ2n) is 6.20. The number of hydrogen-bond acceptors (Lipinski definition) is 8. The van der Waals surface area contributed by atoms with Crippen LogP contribution in [0.5, 0.6) is 5.75 Å². The number of nitro benzene ring substituents is 1. The van der Waals surface area contributed by atoms with Crippen molar-refractivity contribution in [1.29, 1.82) is 0 Å². The van der Waals surface area contributed by atoms with Gasteiger partial charge in [-0.1, -0.05) is 30.3 Å². The molecule has 1 aliphatic rings. The molecule has 0 spiro atoms. The number of non-ortho nitro benzene ring substituents is 1. The number of benzene rings is 2. The standard InChI is InChI=1S/C19H18N2O8S/c22-18(10-20-30(25,26)7-6-14-4-2-1-3-5-14)28-12-16-9-17(21(23)24)8-15-11-27-13-29-19(15)16/h1-9,20H,10-13H2/b7-6-. The van der Waals surface area contributed by atoms with Gasteiger partial charge in [-0.15, -0.1) is 0 Å². The van der Waals surface area contributed by atoms with Gasteiger partial charge >= 0.3 is 5.97 Å². The van der Waals surface area contributed by atoms with E-state index in [-0.39, 0.29) is 25.7 Å². The molecule has 1 heterocycles. The third kappa shape index (κ3) is 5.86. The summed E-state index contributed by atoms with van der Waals surface area (Å²) in [5, 5.41) is 12.0. The number of ether oxygens (including phenoxy) is 3. The van der Waals surface area contributed by atoms with Crippen LogP contribution in [0.2, 0.25) is 0 Å². The lowest BCUT2D eigenvalue weighted by molar-refractivity contribution is -0.385. The molecule has 30 heavy (non-hydrogen) atoms. The number of nitrogens with one attached hydrogen (secondary N) is 1. The van der Waals surface area contributed by atoms with Crippen molar-refractivity contribution in [2.24, 2.45) is 0 Å². The van der Waals surface area contributed by atoms with Gasteiger partial charge in [0.2, 0.25) is 10.0 Å². The fraction of sp³-hybridized carbons (Fsp3) is 0.211. The summed E-state index contributed by atoms with van der Waals surface area (Å²) >= 11 is 0. The van der Waals surface area contributed by atoms with Crippen molar-refractivity contribution in [3.63, 3.8) is 0 Å². The number of nitrogens with zero attached hydrogens (tertiary/aromatic N) is 1. The highest BCUT2D eigenvalue weighted by molar-refractivity contribution is 7.92. The Hall–Kier alpha value is -3.28. The van der Waals surface area contributed by atoms with Crippen LogP contribution < -0.4 is 9.46 Å². The van der Waals surface area contributed by atoms with E-state index in [1.54, 1.807) is 30.3 Å². The summed E-state index contributed by atoms with van der Waals surface area (Å²) in [5.41, 5.74) is 1.25. The van der Waals surface area contributed by atoms with E-state index in [1.807, 2.05) is 0 Å². The highest BCUT2D eigenvalue weighted by atomic mass is 32.2. The Morgan fingerprint density at radius 1 is 1.27 bits per heavy atom. The van der Waals surface area contributed by atoms with Gasteiger partial charge in [0.05, 0.1) is 11.5 Å². The van der Waals surface area contributed by atoms with Crippen molar-refractivity contribution in [2.45, 2.75) is 13.2 Å². The predicted molar refractivity (Wildman–Crippen MR) is 106 cm³/mol. The van der Waals surface area contributed by atoms with Gasteiger partial charge in [0.15, 0.2) is 6.79 Å². The summed E-state index contributed by atoms with van der Waals surface area (Å²) in [6.07, 6.45) is 1.39. The Kier molecular flexibility index (Phi) is 6.77. The van der Waals surface area contributed by atoms with Gasteiger partial charge in [0.25, 0.3) is 5.69 Å². The SMILES string of the molecule is O=C(CNS(=O)(=O)/C=C\c1ccccc1)OCc1cc([N+](=O)[O-])cc2c1OCOC2. The summed E-state index contributed by atoms with van der Waals surface area (Å²) < 4.78 is 41.6. The molecule has 1 aliphatic heterocycles. The molecule has 0 amide bonds. The van der Waals surface area contributed by atoms with E-state index in [0.29, 0.717) is 22.4 Å². The van der Waals surface area contributed by atoms with Crippen LogP contribution in [0.15, 0.2) is 47.9 Å². The van der Waals surface area contributed by atoms with E-state index in [2.05, 4.69) is 4.72 Å². The van der Waals surface area contributed by atoms with E-state index in [0.717, 1.165) is 5.41 Å². The Balaban J connectivity index is 1.59. The van der Waals surface area contributed by atoms with Crippen LogP contribution in [0.25, 0.3) is 6.08 Å². The lowest BCUT2D eigenvalue weighted by Crippen LogP contribution is -2.29. The number of nitro groups is 1. The molecule has 3 rings (SSSR count). The Labute approximate surface area is 172 Å². The van der Waals surface area contributed by atoms with Crippen LogP contribution in [-0.2, 0) is 37.5 Å². The zero-order valence-electron chi connectivity index (χ0n) is 15.6. The number of sulfonamides is 1. The van der Waals surface area contributed by atoms with Gasteiger partial charge in [-0.2, -0.15) is 0 Å². The summed E-state index contributed by atoms with van der Waals surface area (Å²) in [7, 11) is -3.85. The lowest BCUT2D eigenvalue weighted by Gasteiger charge is -2.20. The first kappa shape index (κ1) is 21.4. The monoisotopic (exact) mass is 434 g/mol. The van der Waals surface area contributed by atoms with Crippen molar-refractivity contribution >= 4 is 27.8 Å². The molecule has 10 nitrogen and oxygen atoms in total. The van der Waals surface area contributed by atoms with E-state index >= 15 is 0 Å². The fourth-order valence-electron chi connectivity index (χ4n) is 2.64. The number of carbonyl (C=O) groups excluding carboxylic acids is 1. The van der Waals surface area contributed by atoms with Crippen molar-refractivity contribution in [2.75, 3.05) is 13.3 Å². The molecule has 158 valence electrons. The molecule has 0 saturated carbocycles. The minimum Gasteiger partial charge on any atom is -0.467 e. The molecular weight excluding hydrogens is 416 g/mol. The minimum absolute atomic E-state index is 0.0285. The van der Waals surface area contributed by atoms with Crippen molar-refractivity contribution in [3.05, 3.63) is 74.7 Å². The molecule has 0 aromatic heterocycles. The van der Waals surface area contributed by atoms with Gasteiger partial charge < -0.3 is 14.2 Å². The van der Waals surface area contributed by atoms with Gasteiger partial charge in [-0.25, -0.2) is 13.1 Å². The largest absolute Gasteiger partial charge is 0.467 e.